The average molecular weight is 378 g/mol. The number of nitrogens with zero attached hydrogens (tertiary/aromatic N) is 1. The minimum Gasteiger partial charge on any atom is -0.467 e. The molecule has 0 saturated carbocycles. The highest BCUT2D eigenvalue weighted by Crippen LogP contribution is 2.37. The number of thiophene rings is 1. The van der Waals surface area contributed by atoms with Crippen molar-refractivity contribution in [2.75, 3.05) is 5.32 Å². The molecule has 25 heavy (non-hydrogen) atoms. The minimum absolute atomic E-state index is 0.168. The molecular formula is C19H24ClN3OS. The number of pyridine rings is 1. The maximum atomic E-state index is 6.32. The Labute approximate surface area is 157 Å². The van der Waals surface area contributed by atoms with Crippen molar-refractivity contribution in [2.45, 2.75) is 46.2 Å². The van der Waals surface area contributed by atoms with Crippen LogP contribution in [0, 0.1) is 12.8 Å². The number of hydrogen-bond donors (Lipinski definition) is 2. The Morgan fingerprint density at radius 1 is 1.40 bits per heavy atom. The molecule has 0 aromatic carbocycles. The van der Waals surface area contributed by atoms with E-state index in [1.807, 2.05) is 18.2 Å². The number of halogens is 1. The molecule has 4 nitrogen and oxygen atoms in total. The first-order chi connectivity index (χ1) is 11.9. The van der Waals surface area contributed by atoms with Gasteiger partial charge in [-0.25, -0.2) is 4.98 Å². The molecule has 1 atom stereocenters. The zero-order chi connectivity index (χ0) is 18.0. The standard InChI is InChI=1S/C19H24ClN3OS/c1-11(2)7-13(21)8-16-12(3)18-19(25-16)15(9-17(20)23-18)22-10-14-5-4-6-24-14/h4-6,9,11,13H,7-8,10,21H2,1-3H3,(H,22,23)/t13-/m0/s1. The topological polar surface area (TPSA) is 64.1 Å². The average Bonchev–Trinajstić information content (AvgIpc) is 3.14. The quantitative estimate of drug-likeness (QED) is 0.542. The van der Waals surface area contributed by atoms with Gasteiger partial charge in [0, 0.05) is 17.0 Å². The highest BCUT2D eigenvalue weighted by atomic mass is 35.5. The first kappa shape index (κ1) is 18.2. The molecule has 3 rings (SSSR count). The lowest BCUT2D eigenvalue weighted by Gasteiger charge is -2.13. The summed E-state index contributed by atoms with van der Waals surface area (Å²) in [6, 6.07) is 5.88. The number of nitrogens with two attached hydrogens (primary N) is 1. The SMILES string of the molecule is Cc1c(C[C@@H](N)CC(C)C)sc2c(NCc3ccco3)cc(Cl)nc12. The van der Waals surface area contributed by atoms with E-state index in [0.29, 0.717) is 17.6 Å². The molecule has 0 saturated heterocycles. The second-order valence-corrected chi connectivity index (χ2v) is 8.34. The van der Waals surface area contributed by atoms with E-state index in [1.54, 1.807) is 17.6 Å². The molecule has 0 bridgehead atoms. The van der Waals surface area contributed by atoms with E-state index < -0.39 is 0 Å². The third-order valence-electron chi connectivity index (χ3n) is 4.20. The van der Waals surface area contributed by atoms with Crippen LogP contribution in [-0.2, 0) is 13.0 Å². The van der Waals surface area contributed by atoms with Crippen LogP contribution < -0.4 is 11.1 Å². The summed E-state index contributed by atoms with van der Waals surface area (Å²) in [5, 5.41) is 3.91. The molecule has 0 aliphatic heterocycles. The van der Waals surface area contributed by atoms with Crippen molar-refractivity contribution in [3.63, 3.8) is 0 Å². The van der Waals surface area contributed by atoms with Crippen LogP contribution in [0.5, 0.6) is 0 Å². The van der Waals surface area contributed by atoms with E-state index in [9.17, 15) is 0 Å². The van der Waals surface area contributed by atoms with Crippen LogP contribution in [0.1, 0.15) is 36.5 Å². The molecule has 0 aliphatic carbocycles. The highest BCUT2D eigenvalue weighted by Gasteiger charge is 2.17. The van der Waals surface area contributed by atoms with Gasteiger partial charge in [0.25, 0.3) is 0 Å². The summed E-state index contributed by atoms with van der Waals surface area (Å²) in [4.78, 5) is 5.83. The molecule has 0 amide bonds. The van der Waals surface area contributed by atoms with Gasteiger partial charge in [-0.1, -0.05) is 25.4 Å². The van der Waals surface area contributed by atoms with Crippen molar-refractivity contribution in [2.24, 2.45) is 11.7 Å². The molecule has 3 N–H and O–H groups in total. The summed E-state index contributed by atoms with van der Waals surface area (Å²) in [7, 11) is 0. The lowest BCUT2D eigenvalue weighted by atomic mass is 10.0. The summed E-state index contributed by atoms with van der Waals surface area (Å²) in [5.74, 6) is 1.48. The minimum atomic E-state index is 0.168. The number of rotatable bonds is 7. The summed E-state index contributed by atoms with van der Waals surface area (Å²) in [6.07, 6.45) is 3.57. The second-order valence-electron chi connectivity index (χ2n) is 6.85. The monoisotopic (exact) mass is 377 g/mol. The van der Waals surface area contributed by atoms with Gasteiger partial charge in [-0.3, -0.25) is 0 Å². The number of nitrogens with one attached hydrogen (secondary N) is 1. The molecule has 0 fully saturated rings. The van der Waals surface area contributed by atoms with Crippen molar-refractivity contribution in [1.29, 1.82) is 0 Å². The van der Waals surface area contributed by atoms with Crippen molar-refractivity contribution in [1.82, 2.24) is 4.98 Å². The Bertz CT molecular complexity index is 842. The normalized spacial score (nSPS) is 12.9. The number of aryl methyl sites for hydroxylation is 1. The number of hydrogen-bond acceptors (Lipinski definition) is 5. The van der Waals surface area contributed by atoms with Crippen molar-refractivity contribution < 1.29 is 4.42 Å². The number of anilines is 1. The van der Waals surface area contributed by atoms with Crippen LogP contribution in [0.3, 0.4) is 0 Å². The van der Waals surface area contributed by atoms with Crippen LogP contribution in [0.2, 0.25) is 5.15 Å². The maximum absolute atomic E-state index is 6.32. The van der Waals surface area contributed by atoms with E-state index in [4.69, 9.17) is 21.8 Å². The maximum Gasteiger partial charge on any atom is 0.131 e. The van der Waals surface area contributed by atoms with Gasteiger partial charge < -0.3 is 15.5 Å². The molecule has 6 heteroatoms. The Balaban J connectivity index is 1.88. The van der Waals surface area contributed by atoms with Crippen LogP contribution in [0.25, 0.3) is 10.2 Å². The van der Waals surface area contributed by atoms with Gasteiger partial charge in [-0.15, -0.1) is 11.3 Å². The van der Waals surface area contributed by atoms with E-state index in [-0.39, 0.29) is 6.04 Å². The fourth-order valence-corrected chi connectivity index (χ4v) is 4.56. The highest BCUT2D eigenvalue weighted by molar-refractivity contribution is 7.19. The Morgan fingerprint density at radius 3 is 2.88 bits per heavy atom. The Morgan fingerprint density at radius 2 is 2.20 bits per heavy atom. The Hall–Kier alpha value is -1.56. The fourth-order valence-electron chi connectivity index (χ4n) is 3.04. The summed E-state index contributed by atoms with van der Waals surface area (Å²) in [6.45, 7) is 7.13. The third kappa shape index (κ3) is 4.35. The molecule has 0 radical (unpaired) electrons. The number of aromatic nitrogens is 1. The zero-order valence-electron chi connectivity index (χ0n) is 14.8. The predicted molar refractivity (Wildman–Crippen MR) is 107 cm³/mol. The lowest BCUT2D eigenvalue weighted by Crippen LogP contribution is -2.24. The molecule has 0 unspecified atom stereocenters. The van der Waals surface area contributed by atoms with Crippen LogP contribution >= 0.6 is 22.9 Å². The van der Waals surface area contributed by atoms with Crippen LogP contribution in [0.15, 0.2) is 28.9 Å². The fraction of sp³-hybridized carbons (Fsp3) is 0.421. The van der Waals surface area contributed by atoms with Gasteiger partial charge in [0.1, 0.15) is 10.9 Å². The molecule has 3 aromatic rings. The number of furan rings is 1. The van der Waals surface area contributed by atoms with E-state index >= 15 is 0 Å². The van der Waals surface area contributed by atoms with E-state index in [0.717, 1.165) is 34.5 Å². The molecule has 3 heterocycles. The summed E-state index contributed by atoms with van der Waals surface area (Å²) < 4.78 is 6.52. The van der Waals surface area contributed by atoms with Crippen LogP contribution in [-0.4, -0.2) is 11.0 Å². The van der Waals surface area contributed by atoms with Gasteiger partial charge in [-0.2, -0.15) is 0 Å². The van der Waals surface area contributed by atoms with Crippen molar-refractivity contribution in [3.05, 3.63) is 45.8 Å². The van der Waals surface area contributed by atoms with Gasteiger partial charge in [-0.05, 0) is 43.4 Å². The summed E-state index contributed by atoms with van der Waals surface area (Å²) >= 11 is 8.00. The van der Waals surface area contributed by atoms with Crippen LogP contribution in [0.4, 0.5) is 5.69 Å². The molecule has 0 spiro atoms. The summed E-state index contributed by atoms with van der Waals surface area (Å²) in [5.41, 5.74) is 9.46. The van der Waals surface area contributed by atoms with Gasteiger partial charge >= 0.3 is 0 Å². The van der Waals surface area contributed by atoms with E-state index in [1.165, 1.54) is 10.4 Å². The van der Waals surface area contributed by atoms with Crippen molar-refractivity contribution in [3.8, 4) is 0 Å². The smallest absolute Gasteiger partial charge is 0.131 e. The molecule has 134 valence electrons. The molecule has 0 aliphatic rings. The third-order valence-corrected chi connectivity index (χ3v) is 5.73. The lowest BCUT2D eigenvalue weighted by molar-refractivity contribution is 0.495. The first-order valence-corrected chi connectivity index (χ1v) is 9.73. The second kappa shape index (κ2) is 7.77. The molecule has 3 aromatic heterocycles. The zero-order valence-corrected chi connectivity index (χ0v) is 16.4. The largest absolute Gasteiger partial charge is 0.467 e. The van der Waals surface area contributed by atoms with Crippen molar-refractivity contribution >= 4 is 38.8 Å². The van der Waals surface area contributed by atoms with Gasteiger partial charge in [0.2, 0.25) is 0 Å². The predicted octanol–water partition coefficient (Wildman–Crippen LogP) is 5.38. The first-order valence-electron chi connectivity index (χ1n) is 8.54. The Kier molecular flexibility index (Phi) is 5.67. The van der Waals surface area contributed by atoms with Gasteiger partial charge in [0.15, 0.2) is 0 Å². The number of fused-ring (bicyclic) bond motifs is 1. The van der Waals surface area contributed by atoms with E-state index in [2.05, 4.69) is 31.1 Å². The molecular weight excluding hydrogens is 354 g/mol. The van der Waals surface area contributed by atoms with Gasteiger partial charge in [0.05, 0.1) is 28.7 Å².